The number of nitrogens with zero attached hydrogens (tertiary/aromatic N) is 1. The number of para-hydroxylation sites is 1. The number of amides is 3. The summed E-state index contributed by atoms with van der Waals surface area (Å²) in [6.07, 6.45) is -0.688. The number of rotatable bonds is 17. The Labute approximate surface area is 341 Å². The minimum atomic E-state index is -1.59. The lowest BCUT2D eigenvalue weighted by atomic mass is 9.77. The highest BCUT2D eigenvalue weighted by Gasteiger charge is 2.38. The van der Waals surface area contributed by atoms with Crippen molar-refractivity contribution < 1.29 is 43.7 Å². The number of fused-ring (bicyclic) bond motifs is 1. The summed E-state index contributed by atoms with van der Waals surface area (Å²) >= 11 is 0. The van der Waals surface area contributed by atoms with Crippen molar-refractivity contribution in [1.29, 1.82) is 0 Å². The molecule has 7 N–H and O–H groups in total. The maximum Gasteiger partial charge on any atom is 0.419 e. The predicted octanol–water partition coefficient (Wildman–Crippen LogP) is 5.10. The third-order valence-electron chi connectivity index (χ3n) is 9.67. The van der Waals surface area contributed by atoms with Gasteiger partial charge in [0, 0.05) is 30.8 Å². The van der Waals surface area contributed by atoms with E-state index in [2.05, 4.69) is 16.0 Å². The third-order valence-corrected chi connectivity index (χ3v) is 9.67. The van der Waals surface area contributed by atoms with E-state index in [4.69, 9.17) is 15.6 Å². The van der Waals surface area contributed by atoms with Crippen molar-refractivity contribution in [2.24, 2.45) is 5.73 Å². The first kappa shape index (κ1) is 43.3. The number of carbonyl (C=O) groups is 6. The molecule has 0 aliphatic rings. The average molecular weight is 804 g/mol. The van der Waals surface area contributed by atoms with Crippen molar-refractivity contribution in [1.82, 2.24) is 20.5 Å². The molecule has 5 rings (SSSR count). The number of aliphatic carboxylic acids is 2. The second kappa shape index (κ2) is 19.1. The number of nitrogens with two attached hydrogens (primary N) is 1. The van der Waals surface area contributed by atoms with Gasteiger partial charge in [-0.1, -0.05) is 109 Å². The first-order valence-corrected chi connectivity index (χ1v) is 19.2. The lowest BCUT2D eigenvalue weighted by molar-refractivity contribution is -0.143. The molecule has 0 spiro atoms. The summed E-state index contributed by atoms with van der Waals surface area (Å²) in [5.41, 5.74) is 7.78. The highest BCUT2D eigenvalue weighted by atomic mass is 16.6. The zero-order chi connectivity index (χ0) is 42.7. The molecule has 14 heteroatoms. The van der Waals surface area contributed by atoms with E-state index in [0.29, 0.717) is 16.5 Å². The van der Waals surface area contributed by atoms with Crippen LogP contribution < -0.4 is 21.7 Å². The molecule has 3 amide bonds. The number of hydrogen-bond donors (Lipinski definition) is 6. The molecule has 4 aromatic carbocycles. The monoisotopic (exact) mass is 803 g/mol. The van der Waals surface area contributed by atoms with Gasteiger partial charge in [-0.15, -0.1) is 0 Å². The molecular weight excluding hydrogens is 755 g/mol. The number of carbonyl (C=O) groups excluding carboxylic acids is 4. The van der Waals surface area contributed by atoms with E-state index in [-0.39, 0.29) is 19.3 Å². The maximum atomic E-state index is 13.9. The number of hydrogen-bond acceptors (Lipinski definition) is 8. The SMILES string of the molecule is CC(C)(C)OC(=O)n1cc(C[C@H](NC(=O)[C@@H](N)CCC(=O)NC(c2ccccc2)(c2ccccc2)c2ccccc2)C(=O)N[C@@H](CCC(=O)O)C(=O)O)c2ccccc21. The Hall–Kier alpha value is -6.80. The quantitative estimate of drug-likeness (QED) is 0.0683. The normalized spacial score (nSPS) is 13.1. The number of nitrogens with one attached hydrogen (secondary N) is 3. The lowest BCUT2D eigenvalue weighted by Crippen LogP contribution is -2.55. The molecule has 0 saturated carbocycles. The van der Waals surface area contributed by atoms with Crippen molar-refractivity contribution >= 4 is 46.7 Å². The van der Waals surface area contributed by atoms with Gasteiger partial charge in [-0.3, -0.25) is 23.7 Å². The summed E-state index contributed by atoms with van der Waals surface area (Å²) < 4.78 is 6.87. The summed E-state index contributed by atoms with van der Waals surface area (Å²) in [6, 6.07) is 31.0. The van der Waals surface area contributed by atoms with Crippen LogP contribution in [0.15, 0.2) is 121 Å². The molecule has 0 saturated heterocycles. The molecule has 0 aliphatic carbocycles. The van der Waals surface area contributed by atoms with Crippen LogP contribution in [0.4, 0.5) is 4.79 Å². The molecule has 0 fully saturated rings. The second-order valence-corrected chi connectivity index (χ2v) is 15.2. The predicted molar refractivity (Wildman–Crippen MR) is 220 cm³/mol. The van der Waals surface area contributed by atoms with Gasteiger partial charge in [-0.25, -0.2) is 9.59 Å². The van der Waals surface area contributed by atoms with Crippen LogP contribution in [-0.4, -0.2) is 74.3 Å². The first-order valence-electron chi connectivity index (χ1n) is 19.2. The van der Waals surface area contributed by atoms with E-state index in [1.807, 2.05) is 91.0 Å². The Bertz CT molecular complexity index is 2170. The van der Waals surface area contributed by atoms with Gasteiger partial charge in [0.05, 0.1) is 11.6 Å². The van der Waals surface area contributed by atoms with Gasteiger partial charge in [0.25, 0.3) is 0 Å². The number of aromatic nitrogens is 1. The maximum absolute atomic E-state index is 13.9. The van der Waals surface area contributed by atoms with Gasteiger partial charge in [-0.2, -0.15) is 0 Å². The average Bonchev–Trinajstić information content (AvgIpc) is 3.58. The smallest absolute Gasteiger partial charge is 0.419 e. The van der Waals surface area contributed by atoms with Crippen molar-refractivity contribution in [3.63, 3.8) is 0 Å². The highest BCUT2D eigenvalue weighted by molar-refractivity contribution is 5.95. The number of ether oxygens (including phenoxy) is 1. The highest BCUT2D eigenvalue weighted by Crippen LogP contribution is 2.37. The van der Waals surface area contributed by atoms with E-state index < -0.39 is 77.9 Å². The molecule has 308 valence electrons. The second-order valence-electron chi connectivity index (χ2n) is 15.2. The molecule has 5 aromatic rings. The molecule has 1 heterocycles. The van der Waals surface area contributed by atoms with Crippen LogP contribution in [0.25, 0.3) is 10.9 Å². The Morgan fingerprint density at radius 1 is 0.678 bits per heavy atom. The summed E-state index contributed by atoms with van der Waals surface area (Å²) in [7, 11) is 0. The number of carboxylic acid groups (broad SMARTS) is 2. The Morgan fingerprint density at radius 2 is 1.19 bits per heavy atom. The van der Waals surface area contributed by atoms with Crippen molar-refractivity contribution in [2.45, 2.75) is 82.1 Å². The van der Waals surface area contributed by atoms with Crippen LogP contribution in [0.2, 0.25) is 0 Å². The van der Waals surface area contributed by atoms with Crippen LogP contribution in [0.1, 0.15) is 68.7 Å². The van der Waals surface area contributed by atoms with E-state index in [1.165, 1.54) is 10.8 Å². The number of benzene rings is 4. The fourth-order valence-electron chi connectivity index (χ4n) is 6.85. The molecule has 0 radical (unpaired) electrons. The molecule has 1 aromatic heterocycles. The molecule has 0 bridgehead atoms. The minimum absolute atomic E-state index is 0.130. The molecular formula is C45H49N5O9. The van der Waals surface area contributed by atoms with Crippen molar-refractivity contribution in [2.75, 3.05) is 0 Å². The van der Waals surface area contributed by atoms with E-state index >= 15 is 0 Å². The van der Waals surface area contributed by atoms with Gasteiger partial charge in [0.2, 0.25) is 17.7 Å². The van der Waals surface area contributed by atoms with Gasteiger partial charge < -0.3 is 36.6 Å². The standard InChI is InChI=1S/C45H49N5O9/c1-44(2,3)59-43(58)50-28-29(33-21-13-14-22-37(33)50)27-36(41(55)47-35(42(56)57)24-26-39(52)53)48-40(54)34(46)23-25-38(51)49-45(30-15-7-4-8-16-30,31-17-9-5-10-18-31)32-19-11-6-12-20-32/h4-22,28,34-36H,23-27,46H2,1-3H3,(H,47,55)(H,48,54)(H,49,51)(H,52,53)(H,56,57)/t34-,35-,36-/m0/s1. The van der Waals surface area contributed by atoms with Crippen LogP contribution in [0, 0.1) is 0 Å². The fourth-order valence-corrected chi connectivity index (χ4v) is 6.85. The third kappa shape index (κ3) is 11.0. The van der Waals surface area contributed by atoms with Gasteiger partial charge in [-0.05, 0) is 61.9 Å². The largest absolute Gasteiger partial charge is 0.481 e. The summed E-state index contributed by atoms with van der Waals surface area (Å²) in [5.74, 6) is -4.85. The zero-order valence-corrected chi connectivity index (χ0v) is 33.1. The van der Waals surface area contributed by atoms with E-state index in [0.717, 1.165) is 16.7 Å². The Morgan fingerprint density at radius 3 is 1.69 bits per heavy atom. The summed E-state index contributed by atoms with van der Waals surface area (Å²) in [5, 5.41) is 27.7. The van der Waals surface area contributed by atoms with Crippen LogP contribution >= 0.6 is 0 Å². The Balaban J connectivity index is 1.39. The zero-order valence-electron chi connectivity index (χ0n) is 33.1. The minimum Gasteiger partial charge on any atom is -0.481 e. The fraction of sp³-hybridized carbons (Fsp3) is 0.289. The van der Waals surface area contributed by atoms with Gasteiger partial charge in [0.1, 0.15) is 23.2 Å². The van der Waals surface area contributed by atoms with Crippen LogP contribution in [0.5, 0.6) is 0 Å². The van der Waals surface area contributed by atoms with E-state index in [1.54, 1.807) is 45.0 Å². The van der Waals surface area contributed by atoms with E-state index in [9.17, 15) is 33.9 Å². The topological polar surface area (TPSA) is 219 Å². The molecule has 3 atom stereocenters. The molecule has 0 unspecified atom stereocenters. The van der Waals surface area contributed by atoms with Crippen LogP contribution in [0.3, 0.4) is 0 Å². The van der Waals surface area contributed by atoms with Gasteiger partial charge >= 0.3 is 18.0 Å². The van der Waals surface area contributed by atoms with Gasteiger partial charge in [0.15, 0.2) is 0 Å². The van der Waals surface area contributed by atoms with Crippen LogP contribution in [-0.2, 0) is 40.7 Å². The summed E-state index contributed by atoms with van der Waals surface area (Å²) in [4.78, 5) is 78.0. The van der Waals surface area contributed by atoms with Crippen molar-refractivity contribution in [3.05, 3.63) is 144 Å². The summed E-state index contributed by atoms with van der Waals surface area (Å²) in [6.45, 7) is 5.15. The molecule has 0 aliphatic heterocycles. The lowest BCUT2D eigenvalue weighted by Gasteiger charge is -2.37. The number of carboxylic acids is 2. The molecule has 14 nitrogen and oxygen atoms in total. The Kier molecular flexibility index (Phi) is 14.0. The molecule has 59 heavy (non-hydrogen) atoms. The van der Waals surface area contributed by atoms with Crippen molar-refractivity contribution in [3.8, 4) is 0 Å². The first-order chi connectivity index (χ1) is 28.1.